The SMILES string of the molecule is NCCCCNC(=O)[C@H](CCCCN)NC(=O)/C(=C\CCN=C(N)N)NC(=O)[C@H](CCCCN)NC(=O)[C@H](Cc1cnc[nH]1)NC(=O)[C@@H]1CCCN1C(=O)C(CCCN)=NC(=O)CNC(=O)[C@@H](NC(=O)C[C@@H](O)CN)[C@@H](O)CN. The number of aliphatic imine (C=N–C) groups is 2. The summed E-state index contributed by atoms with van der Waals surface area (Å²) < 4.78 is 0. The van der Waals surface area contributed by atoms with E-state index in [1.165, 1.54) is 23.5 Å². The number of nitrogens with zero attached hydrogens (tertiary/aromatic N) is 4. The Bertz CT molecular complexity index is 2190. The number of carbonyl (C=O) groups excluding carboxylic acids is 9. The number of carbonyl (C=O) groups is 9. The Morgan fingerprint density at radius 2 is 1.42 bits per heavy atom. The third kappa shape index (κ3) is 26.0. The van der Waals surface area contributed by atoms with Crippen LogP contribution in [0.2, 0.25) is 0 Å². The Hall–Kier alpha value is -7.00. The van der Waals surface area contributed by atoms with Gasteiger partial charge in [0.1, 0.15) is 41.6 Å². The van der Waals surface area contributed by atoms with E-state index in [0.29, 0.717) is 70.3 Å². The van der Waals surface area contributed by atoms with Crippen molar-refractivity contribution >= 4 is 64.8 Å². The molecule has 9 amide bonds. The lowest BCUT2D eigenvalue weighted by Gasteiger charge is -2.28. The third-order valence-corrected chi connectivity index (χ3v) is 12.2. The van der Waals surface area contributed by atoms with E-state index in [1.54, 1.807) is 0 Å². The number of H-pyrrole nitrogens is 1. The van der Waals surface area contributed by atoms with Crippen molar-refractivity contribution in [2.75, 3.05) is 65.4 Å². The Morgan fingerprint density at radius 3 is 2.03 bits per heavy atom. The van der Waals surface area contributed by atoms with Gasteiger partial charge in [-0.2, -0.15) is 0 Å². The normalized spacial score (nSPS) is 15.8. The number of aliphatic hydroxyl groups is 2. The fraction of sp³-hybridized carbons (Fsp3) is 0.667. The van der Waals surface area contributed by atoms with E-state index in [-0.39, 0.29) is 95.0 Å². The van der Waals surface area contributed by atoms with E-state index < -0.39 is 115 Å². The van der Waals surface area contributed by atoms with Gasteiger partial charge in [0.05, 0.1) is 31.5 Å². The van der Waals surface area contributed by atoms with Gasteiger partial charge in [0.25, 0.3) is 17.7 Å². The third-order valence-electron chi connectivity index (χ3n) is 12.2. The minimum Gasteiger partial charge on any atom is -0.391 e. The second-order valence-corrected chi connectivity index (χ2v) is 18.6. The zero-order valence-electron chi connectivity index (χ0n) is 44.9. The van der Waals surface area contributed by atoms with Crippen molar-refractivity contribution in [3.05, 3.63) is 30.0 Å². The smallest absolute Gasteiger partial charge is 0.269 e. The number of nitrogens with one attached hydrogen (secondary N) is 8. The zero-order valence-corrected chi connectivity index (χ0v) is 44.9. The summed E-state index contributed by atoms with van der Waals surface area (Å²) in [6, 6.07) is -6.53. The Kier molecular flexibility index (Phi) is 33.2. The fourth-order valence-corrected chi connectivity index (χ4v) is 7.95. The molecule has 1 fully saturated rings. The maximum Gasteiger partial charge on any atom is 0.269 e. The number of aliphatic hydroxyl groups excluding tert-OH is 2. The summed E-state index contributed by atoms with van der Waals surface area (Å²) in [6.07, 6.45) is 4.73. The van der Waals surface area contributed by atoms with Gasteiger partial charge < -0.3 is 103 Å². The van der Waals surface area contributed by atoms with Gasteiger partial charge in [-0.05, 0) is 110 Å². The van der Waals surface area contributed by atoms with E-state index in [2.05, 4.69) is 57.2 Å². The number of aromatic amines is 1. The van der Waals surface area contributed by atoms with Gasteiger partial charge in [0.15, 0.2) is 5.96 Å². The summed E-state index contributed by atoms with van der Waals surface area (Å²) in [5.41, 5.74) is 44.6. The summed E-state index contributed by atoms with van der Waals surface area (Å²) in [5.74, 6) is -7.53. The van der Waals surface area contributed by atoms with Gasteiger partial charge in [-0.25, -0.2) is 9.98 Å². The number of likely N-dealkylation sites (tertiary alicyclic amines) is 1. The number of aromatic nitrogens is 2. The first-order chi connectivity index (χ1) is 37.8. The molecule has 31 nitrogen and oxygen atoms in total. The molecule has 0 unspecified atom stereocenters. The molecule has 1 aromatic heterocycles. The number of rotatable bonds is 39. The highest BCUT2D eigenvalue weighted by atomic mass is 16.3. The van der Waals surface area contributed by atoms with Gasteiger partial charge in [-0.15, -0.1) is 0 Å². The molecule has 0 spiro atoms. The van der Waals surface area contributed by atoms with Crippen LogP contribution in [0.5, 0.6) is 0 Å². The number of unbranched alkanes of at least 4 members (excludes halogenated alkanes) is 3. The van der Waals surface area contributed by atoms with Gasteiger partial charge in [0, 0.05) is 51.0 Å². The number of nitrogens with two attached hydrogens (primary N) is 8. The summed E-state index contributed by atoms with van der Waals surface area (Å²) in [6.45, 7) is 0.0304. The molecule has 79 heavy (non-hydrogen) atoms. The average Bonchev–Trinajstić information content (AvgIpc) is 4.16. The Morgan fingerprint density at radius 1 is 0.759 bits per heavy atom. The predicted molar refractivity (Wildman–Crippen MR) is 292 cm³/mol. The number of guanidine groups is 1. The first-order valence-electron chi connectivity index (χ1n) is 26.6. The van der Waals surface area contributed by atoms with E-state index >= 15 is 0 Å². The fourth-order valence-electron chi connectivity index (χ4n) is 7.95. The van der Waals surface area contributed by atoms with Crippen LogP contribution in [0, 0.1) is 0 Å². The first-order valence-corrected chi connectivity index (χ1v) is 26.6. The van der Waals surface area contributed by atoms with Crippen molar-refractivity contribution in [2.45, 2.75) is 139 Å². The highest BCUT2D eigenvalue weighted by molar-refractivity contribution is 6.40. The van der Waals surface area contributed by atoms with E-state index in [9.17, 15) is 53.4 Å². The monoisotopic (exact) mass is 1120 g/mol. The van der Waals surface area contributed by atoms with Crippen molar-refractivity contribution < 1.29 is 53.4 Å². The number of hydrogen-bond acceptors (Lipinski definition) is 19. The molecule has 2 heterocycles. The number of imidazole rings is 1. The van der Waals surface area contributed by atoms with Crippen molar-refractivity contribution in [1.82, 2.24) is 52.1 Å². The second kappa shape index (κ2) is 38.5. The van der Waals surface area contributed by atoms with Crippen LogP contribution in [0.3, 0.4) is 0 Å². The molecule has 7 atom stereocenters. The lowest BCUT2D eigenvalue weighted by atomic mass is 10.1. The molecule has 0 aliphatic carbocycles. The van der Waals surface area contributed by atoms with Gasteiger partial charge in [-0.1, -0.05) is 6.08 Å². The molecule has 1 saturated heterocycles. The Balaban J connectivity index is 2.42. The molecular formula is C48H86N20O11. The second-order valence-electron chi connectivity index (χ2n) is 18.6. The Labute approximate surface area is 459 Å². The van der Waals surface area contributed by atoms with Crippen molar-refractivity contribution in [3.8, 4) is 0 Å². The van der Waals surface area contributed by atoms with Gasteiger partial charge >= 0.3 is 0 Å². The summed E-state index contributed by atoms with van der Waals surface area (Å²) in [4.78, 5) is 139. The molecule has 0 saturated carbocycles. The van der Waals surface area contributed by atoms with Crippen molar-refractivity contribution in [3.63, 3.8) is 0 Å². The molecule has 1 aliphatic heterocycles. The van der Waals surface area contributed by atoms with Crippen LogP contribution < -0.4 is 83.1 Å². The standard InChI is InChI=1S/C48H86N20O11/c49-15-3-1-10-31(41(73)58-19-6-5-17-51)63-43(75)33(13-8-20-59-48(55)56)64-42(74)32(11-2-4-16-50)65-44(76)35(22-29-26-57-28-61-29)66-45(77)36-14-9-21-68(36)47(79)34(12-7-18-52)62-39(72)27-60-46(78)40(37(70)25-54)67-38(71)23-30(69)24-53/h13,26,28,30-32,35-37,40,69-70H,1-12,14-25,27,49-54H2,(H,57,61)(H,58,73)(H,60,78)(H,63,75)(H,64,74)(H,65,76)(H,66,77)(H,67,71)(H4,55,56,59)/b33-13+,62-34?/t30-,31+,32+,35+,36+,37+,40+/m1/s1. The largest absolute Gasteiger partial charge is 0.391 e. The van der Waals surface area contributed by atoms with Gasteiger partial charge in [0.2, 0.25) is 35.4 Å². The molecule has 2 rings (SSSR count). The predicted octanol–water partition coefficient (Wildman–Crippen LogP) is -7.49. The highest BCUT2D eigenvalue weighted by Crippen LogP contribution is 2.20. The molecule has 0 aromatic carbocycles. The van der Waals surface area contributed by atoms with E-state index in [0.717, 1.165) is 0 Å². The summed E-state index contributed by atoms with van der Waals surface area (Å²) >= 11 is 0. The molecule has 444 valence electrons. The quantitative estimate of drug-likeness (QED) is 0.0126. The van der Waals surface area contributed by atoms with E-state index in [1.807, 2.05) is 0 Å². The van der Waals surface area contributed by atoms with Crippen LogP contribution in [0.15, 0.2) is 34.3 Å². The number of amides is 9. The molecule has 1 aromatic rings. The van der Waals surface area contributed by atoms with Crippen LogP contribution in [0.4, 0.5) is 0 Å². The minimum atomic E-state index is -1.63. The number of hydrogen-bond donors (Lipinski definition) is 18. The first kappa shape index (κ1) is 68.1. The molecule has 1 aliphatic rings. The maximum atomic E-state index is 14.4. The lowest BCUT2D eigenvalue weighted by Crippen LogP contribution is -2.57. The lowest BCUT2D eigenvalue weighted by molar-refractivity contribution is -0.136. The molecule has 31 heteroatoms. The van der Waals surface area contributed by atoms with Crippen LogP contribution in [-0.4, -0.2) is 198 Å². The van der Waals surface area contributed by atoms with Crippen molar-refractivity contribution in [2.24, 2.45) is 55.9 Å². The average molecular weight is 1120 g/mol. The van der Waals surface area contributed by atoms with Gasteiger partial charge in [-0.3, -0.25) is 48.1 Å². The summed E-state index contributed by atoms with van der Waals surface area (Å²) in [7, 11) is 0. The molecular weight excluding hydrogens is 1030 g/mol. The highest BCUT2D eigenvalue weighted by Gasteiger charge is 2.39. The van der Waals surface area contributed by atoms with Crippen LogP contribution in [0.25, 0.3) is 0 Å². The minimum absolute atomic E-state index is 0.0283. The maximum absolute atomic E-state index is 14.4. The van der Waals surface area contributed by atoms with Crippen LogP contribution in [0.1, 0.15) is 95.6 Å². The van der Waals surface area contributed by atoms with E-state index in [4.69, 9.17) is 45.9 Å². The molecule has 26 N–H and O–H groups in total. The molecule has 0 radical (unpaired) electrons. The van der Waals surface area contributed by atoms with Crippen molar-refractivity contribution in [1.29, 1.82) is 0 Å². The summed E-state index contributed by atoms with van der Waals surface area (Å²) in [5, 5.41) is 38.1. The van der Waals surface area contributed by atoms with Crippen LogP contribution in [-0.2, 0) is 49.6 Å². The molecule has 0 bridgehead atoms. The topological polar surface area (TPSA) is 543 Å². The zero-order chi connectivity index (χ0) is 58.7. The van der Waals surface area contributed by atoms with Crippen LogP contribution >= 0.6 is 0 Å².